The van der Waals surface area contributed by atoms with E-state index in [0.29, 0.717) is 0 Å². The lowest BCUT2D eigenvalue weighted by Gasteiger charge is -2.08. The summed E-state index contributed by atoms with van der Waals surface area (Å²) >= 11 is 11.1. The summed E-state index contributed by atoms with van der Waals surface area (Å²) in [5, 5.41) is 10.5. The van der Waals surface area contributed by atoms with Crippen LogP contribution in [0.5, 0.6) is 0 Å². The van der Waals surface area contributed by atoms with Gasteiger partial charge in [-0.3, -0.25) is 0 Å². The second kappa shape index (κ2) is 4.28. The number of hydrogen-bond acceptors (Lipinski definition) is 2. The molecule has 0 heterocycles. The number of benzene rings is 1. The smallest absolute Gasteiger partial charge is 0.410 e. The molecule has 15 heavy (non-hydrogen) atoms. The van der Waals surface area contributed by atoms with Crippen molar-refractivity contribution < 1.29 is 18.4 Å². The van der Waals surface area contributed by atoms with E-state index in [-0.39, 0.29) is 15.6 Å². The highest BCUT2D eigenvalue weighted by molar-refractivity contribution is 6.42. The van der Waals surface area contributed by atoms with Crippen molar-refractivity contribution in [3.05, 3.63) is 33.8 Å². The fraction of sp³-hybridized carbons (Fsp3) is 0.125. The first-order valence-corrected chi connectivity index (χ1v) is 4.36. The largest absolute Gasteiger partial charge is 0.437 e. The van der Waals surface area contributed by atoms with Crippen LogP contribution >= 0.6 is 23.2 Å². The Bertz CT molecular complexity index is 403. The quantitative estimate of drug-likeness (QED) is 0.464. The van der Waals surface area contributed by atoms with Gasteiger partial charge in [0.25, 0.3) is 0 Å². The number of halogens is 5. The average Bonchev–Trinajstić information content (AvgIpc) is 2.10. The molecule has 0 bridgehead atoms. The summed E-state index contributed by atoms with van der Waals surface area (Å²) in [6.45, 7) is 0. The molecule has 7 heteroatoms. The van der Waals surface area contributed by atoms with E-state index >= 15 is 0 Å². The lowest BCUT2D eigenvalue weighted by molar-refractivity contribution is -0.0601. The minimum Gasteiger partial charge on any atom is -0.410 e. The molecule has 1 aromatic rings. The molecule has 0 radical (unpaired) electrons. The van der Waals surface area contributed by atoms with Crippen LogP contribution in [0, 0.1) is 0 Å². The summed E-state index contributed by atoms with van der Waals surface area (Å²) in [5.74, 6) is 0. The highest BCUT2D eigenvalue weighted by atomic mass is 35.5. The molecule has 0 saturated heterocycles. The van der Waals surface area contributed by atoms with Crippen LogP contribution in [-0.4, -0.2) is 17.1 Å². The molecule has 0 unspecified atom stereocenters. The van der Waals surface area contributed by atoms with E-state index in [1.807, 2.05) is 0 Å². The third-order valence-electron chi connectivity index (χ3n) is 1.56. The molecule has 0 saturated carbocycles. The van der Waals surface area contributed by atoms with Gasteiger partial charge in [0.2, 0.25) is 0 Å². The average molecular weight is 258 g/mol. The second-order valence-corrected chi connectivity index (χ2v) is 3.39. The Balaban J connectivity index is 3.21. The van der Waals surface area contributed by atoms with E-state index in [9.17, 15) is 13.2 Å². The molecule has 1 aromatic carbocycles. The third-order valence-corrected chi connectivity index (χ3v) is 2.30. The normalized spacial score (nSPS) is 13.0. The number of rotatable bonds is 1. The van der Waals surface area contributed by atoms with E-state index < -0.39 is 11.9 Å². The number of oxime groups is 1. The fourth-order valence-electron chi connectivity index (χ4n) is 0.922. The van der Waals surface area contributed by atoms with Crippen LogP contribution in [0.4, 0.5) is 13.2 Å². The minimum absolute atomic E-state index is 0.0421. The zero-order valence-electron chi connectivity index (χ0n) is 7.02. The Hall–Kier alpha value is -0.940. The number of nitrogens with zero attached hydrogens (tertiary/aromatic N) is 1. The Labute approximate surface area is 92.9 Å². The molecular weight excluding hydrogens is 254 g/mol. The molecule has 0 aromatic heterocycles. The Morgan fingerprint density at radius 2 is 1.80 bits per heavy atom. The Kier molecular flexibility index (Phi) is 3.46. The Morgan fingerprint density at radius 1 is 1.20 bits per heavy atom. The number of alkyl halides is 3. The van der Waals surface area contributed by atoms with Gasteiger partial charge in [-0.15, -0.1) is 0 Å². The molecule has 0 aliphatic carbocycles. The first-order chi connectivity index (χ1) is 6.86. The third kappa shape index (κ3) is 2.76. The monoisotopic (exact) mass is 257 g/mol. The van der Waals surface area contributed by atoms with Crippen molar-refractivity contribution in [2.75, 3.05) is 0 Å². The molecular formula is C8H4Cl2F3NO. The molecule has 0 fully saturated rings. The minimum atomic E-state index is -4.74. The molecule has 0 aliphatic heterocycles. The molecule has 1 N–H and O–H groups in total. The van der Waals surface area contributed by atoms with Crippen molar-refractivity contribution in [3.8, 4) is 0 Å². The van der Waals surface area contributed by atoms with Gasteiger partial charge in [-0.2, -0.15) is 13.2 Å². The van der Waals surface area contributed by atoms with Crippen molar-refractivity contribution in [1.29, 1.82) is 0 Å². The standard InChI is InChI=1S/C8H4Cl2F3NO/c9-5-2-1-4(3-6(5)10)7(14-15)8(11,12)13/h1-3,15H. The maximum absolute atomic E-state index is 12.3. The van der Waals surface area contributed by atoms with Crippen LogP contribution < -0.4 is 0 Å². The summed E-state index contributed by atoms with van der Waals surface area (Å²) < 4.78 is 36.8. The van der Waals surface area contributed by atoms with Crippen molar-refractivity contribution >= 4 is 28.9 Å². The molecule has 0 aliphatic rings. The van der Waals surface area contributed by atoms with Gasteiger partial charge in [-0.1, -0.05) is 34.4 Å². The molecule has 0 spiro atoms. The van der Waals surface area contributed by atoms with E-state index in [4.69, 9.17) is 28.4 Å². The van der Waals surface area contributed by atoms with Crippen LogP contribution in [0.15, 0.2) is 23.4 Å². The lowest BCUT2D eigenvalue weighted by atomic mass is 10.1. The van der Waals surface area contributed by atoms with E-state index in [2.05, 4.69) is 5.16 Å². The summed E-state index contributed by atoms with van der Waals surface area (Å²) in [5.41, 5.74) is -1.76. The fourth-order valence-corrected chi connectivity index (χ4v) is 1.22. The lowest BCUT2D eigenvalue weighted by Crippen LogP contribution is -2.24. The molecule has 0 amide bonds. The van der Waals surface area contributed by atoms with Gasteiger partial charge in [-0.05, 0) is 12.1 Å². The van der Waals surface area contributed by atoms with Gasteiger partial charge < -0.3 is 5.21 Å². The maximum atomic E-state index is 12.3. The van der Waals surface area contributed by atoms with Crippen LogP contribution in [0.1, 0.15) is 5.56 Å². The second-order valence-electron chi connectivity index (χ2n) is 2.58. The molecule has 82 valence electrons. The molecule has 1 rings (SSSR count). The Morgan fingerprint density at radius 3 is 2.20 bits per heavy atom. The van der Waals surface area contributed by atoms with Gasteiger partial charge in [0.05, 0.1) is 10.0 Å². The van der Waals surface area contributed by atoms with Gasteiger partial charge in [0, 0.05) is 5.56 Å². The highest BCUT2D eigenvalue weighted by Gasteiger charge is 2.37. The van der Waals surface area contributed by atoms with Crippen LogP contribution in [0.2, 0.25) is 10.0 Å². The van der Waals surface area contributed by atoms with Gasteiger partial charge in [0.15, 0.2) is 5.71 Å². The van der Waals surface area contributed by atoms with E-state index in [0.717, 1.165) is 12.1 Å². The summed E-state index contributed by atoms with van der Waals surface area (Å²) in [4.78, 5) is 0. The van der Waals surface area contributed by atoms with Crippen molar-refractivity contribution in [2.45, 2.75) is 6.18 Å². The summed E-state index contributed by atoms with van der Waals surface area (Å²) in [7, 11) is 0. The first-order valence-electron chi connectivity index (χ1n) is 3.61. The van der Waals surface area contributed by atoms with Crippen LogP contribution in [0.3, 0.4) is 0 Å². The van der Waals surface area contributed by atoms with Crippen molar-refractivity contribution in [1.82, 2.24) is 0 Å². The maximum Gasteiger partial charge on any atom is 0.437 e. The SMILES string of the molecule is ON=C(c1ccc(Cl)c(Cl)c1)C(F)(F)F. The summed E-state index contributed by atoms with van der Waals surface area (Å²) in [6, 6.07) is 3.24. The van der Waals surface area contributed by atoms with Crippen molar-refractivity contribution in [2.24, 2.45) is 5.16 Å². The predicted octanol–water partition coefficient (Wildman–Crippen LogP) is 3.73. The highest BCUT2D eigenvalue weighted by Crippen LogP contribution is 2.27. The predicted molar refractivity (Wildman–Crippen MR) is 50.8 cm³/mol. The zero-order chi connectivity index (χ0) is 11.6. The zero-order valence-corrected chi connectivity index (χ0v) is 8.53. The van der Waals surface area contributed by atoms with Crippen LogP contribution in [-0.2, 0) is 0 Å². The summed E-state index contributed by atoms with van der Waals surface area (Å²) in [6.07, 6.45) is -4.74. The van der Waals surface area contributed by atoms with Crippen LogP contribution in [0.25, 0.3) is 0 Å². The van der Waals surface area contributed by atoms with Gasteiger partial charge in [-0.25, -0.2) is 0 Å². The van der Waals surface area contributed by atoms with Crippen molar-refractivity contribution in [3.63, 3.8) is 0 Å². The number of hydrogen-bond donors (Lipinski definition) is 1. The van der Waals surface area contributed by atoms with E-state index in [1.54, 1.807) is 0 Å². The van der Waals surface area contributed by atoms with Gasteiger partial charge >= 0.3 is 6.18 Å². The first kappa shape index (κ1) is 12.1. The van der Waals surface area contributed by atoms with E-state index in [1.165, 1.54) is 6.07 Å². The molecule has 0 atom stereocenters. The van der Waals surface area contributed by atoms with Gasteiger partial charge in [0.1, 0.15) is 0 Å². The topological polar surface area (TPSA) is 32.6 Å². The molecule has 2 nitrogen and oxygen atoms in total.